The molecule has 0 radical (unpaired) electrons. The van der Waals surface area contributed by atoms with Crippen LogP contribution in [-0.2, 0) is 0 Å². The Bertz CT molecular complexity index is 532. The first-order valence-electron chi connectivity index (χ1n) is 5.15. The van der Waals surface area contributed by atoms with Crippen LogP contribution < -0.4 is 0 Å². The van der Waals surface area contributed by atoms with Crippen LogP contribution in [0.2, 0.25) is 0 Å². The Hall–Kier alpha value is -1.29. The van der Waals surface area contributed by atoms with Crippen LogP contribution in [0.5, 0.6) is 0 Å². The van der Waals surface area contributed by atoms with Gasteiger partial charge in [0.25, 0.3) is 0 Å². The van der Waals surface area contributed by atoms with Gasteiger partial charge in [-0.05, 0) is 25.0 Å². The zero-order valence-electron chi connectivity index (χ0n) is 8.41. The number of aromatic nitrogens is 1. The van der Waals surface area contributed by atoms with Gasteiger partial charge in [-0.1, -0.05) is 0 Å². The molecule has 1 aromatic carbocycles. The summed E-state index contributed by atoms with van der Waals surface area (Å²) >= 11 is 1.56. The Labute approximate surface area is 95.8 Å². The van der Waals surface area contributed by atoms with Gasteiger partial charge < -0.3 is 0 Å². The molecule has 1 nitrogen and oxygen atoms in total. The van der Waals surface area contributed by atoms with Crippen molar-refractivity contribution in [1.29, 1.82) is 0 Å². The summed E-state index contributed by atoms with van der Waals surface area (Å²) in [4.78, 5) is 4.39. The van der Waals surface area contributed by atoms with Crippen LogP contribution in [-0.4, -0.2) is 4.98 Å². The van der Waals surface area contributed by atoms with E-state index in [1.807, 2.05) is 5.38 Å². The molecule has 1 heterocycles. The number of hydrogen-bond donors (Lipinski definition) is 0. The molecule has 1 fully saturated rings. The molecule has 0 spiro atoms. The lowest BCUT2D eigenvalue weighted by molar-refractivity contribution is 0.585. The quantitative estimate of drug-likeness (QED) is 0.770. The first-order valence-corrected chi connectivity index (χ1v) is 6.03. The van der Waals surface area contributed by atoms with Crippen molar-refractivity contribution < 1.29 is 8.78 Å². The van der Waals surface area contributed by atoms with Gasteiger partial charge in [-0.2, -0.15) is 0 Å². The van der Waals surface area contributed by atoms with E-state index in [-0.39, 0.29) is 0 Å². The van der Waals surface area contributed by atoms with Crippen molar-refractivity contribution in [3.63, 3.8) is 0 Å². The summed E-state index contributed by atoms with van der Waals surface area (Å²) < 4.78 is 26.2. The number of halogens is 2. The minimum atomic E-state index is -0.557. The minimum Gasteiger partial charge on any atom is -0.241 e. The fourth-order valence-electron chi connectivity index (χ4n) is 1.63. The van der Waals surface area contributed by atoms with Gasteiger partial charge in [-0.25, -0.2) is 13.8 Å². The van der Waals surface area contributed by atoms with Crippen molar-refractivity contribution >= 4 is 11.3 Å². The van der Waals surface area contributed by atoms with E-state index in [1.54, 1.807) is 11.3 Å². The average Bonchev–Trinajstić information content (AvgIpc) is 2.98. The van der Waals surface area contributed by atoms with Crippen LogP contribution >= 0.6 is 11.3 Å². The molecule has 0 bridgehead atoms. The first-order chi connectivity index (χ1) is 7.74. The minimum absolute atomic E-state index is 0.379. The monoisotopic (exact) mass is 237 g/mol. The van der Waals surface area contributed by atoms with Crippen molar-refractivity contribution in [3.8, 4) is 11.3 Å². The molecule has 0 unspecified atom stereocenters. The van der Waals surface area contributed by atoms with Crippen LogP contribution in [0.4, 0.5) is 8.78 Å². The van der Waals surface area contributed by atoms with E-state index in [9.17, 15) is 8.78 Å². The van der Waals surface area contributed by atoms with Gasteiger partial charge in [0.15, 0.2) is 0 Å². The largest absolute Gasteiger partial charge is 0.241 e. The van der Waals surface area contributed by atoms with Crippen molar-refractivity contribution in [3.05, 3.63) is 40.2 Å². The molecular formula is C12H9F2NS. The molecule has 0 saturated heterocycles. The lowest BCUT2D eigenvalue weighted by atomic mass is 10.1. The summed E-state index contributed by atoms with van der Waals surface area (Å²) in [5, 5.41) is 2.91. The third-order valence-electron chi connectivity index (χ3n) is 2.66. The maximum Gasteiger partial charge on any atom is 0.135 e. The lowest BCUT2D eigenvalue weighted by Gasteiger charge is -1.98. The zero-order valence-corrected chi connectivity index (χ0v) is 9.23. The highest BCUT2D eigenvalue weighted by Gasteiger charge is 2.27. The summed E-state index contributed by atoms with van der Waals surface area (Å²) in [5.41, 5.74) is 0.994. The van der Waals surface area contributed by atoms with Gasteiger partial charge in [0.05, 0.1) is 10.7 Å². The highest BCUT2D eigenvalue weighted by atomic mass is 32.1. The molecule has 0 atom stereocenters. The van der Waals surface area contributed by atoms with E-state index in [0.717, 1.165) is 11.1 Å². The van der Waals surface area contributed by atoms with E-state index in [1.165, 1.54) is 25.0 Å². The Kier molecular flexibility index (Phi) is 2.24. The summed E-state index contributed by atoms with van der Waals surface area (Å²) in [7, 11) is 0. The normalized spacial score (nSPS) is 15.4. The number of thiazole rings is 1. The molecule has 16 heavy (non-hydrogen) atoms. The Morgan fingerprint density at radius 2 is 2.06 bits per heavy atom. The average molecular weight is 237 g/mol. The van der Waals surface area contributed by atoms with Gasteiger partial charge in [-0.15, -0.1) is 11.3 Å². The second-order valence-corrected chi connectivity index (χ2v) is 4.86. The summed E-state index contributed by atoms with van der Waals surface area (Å²) in [6, 6.07) is 3.59. The molecular weight excluding hydrogens is 228 g/mol. The Morgan fingerprint density at radius 3 is 2.75 bits per heavy atom. The van der Waals surface area contributed by atoms with Gasteiger partial charge in [-0.3, -0.25) is 0 Å². The molecule has 82 valence electrons. The van der Waals surface area contributed by atoms with Crippen molar-refractivity contribution in [2.24, 2.45) is 0 Å². The van der Waals surface area contributed by atoms with Gasteiger partial charge in [0.1, 0.15) is 11.6 Å². The van der Waals surface area contributed by atoms with Gasteiger partial charge >= 0.3 is 0 Å². The standard InChI is InChI=1S/C12H9F2NS/c13-8-3-4-9(10(14)5-8)11-6-16-12(15-11)7-1-2-7/h3-7H,1-2H2. The van der Waals surface area contributed by atoms with Crippen LogP contribution in [0.3, 0.4) is 0 Å². The van der Waals surface area contributed by atoms with E-state index < -0.39 is 11.6 Å². The maximum atomic E-state index is 13.5. The predicted molar refractivity (Wildman–Crippen MR) is 59.4 cm³/mol. The molecule has 1 aromatic heterocycles. The highest BCUT2D eigenvalue weighted by Crippen LogP contribution is 2.42. The molecule has 4 heteroatoms. The first kappa shape index (κ1) is 9.90. The van der Waals surface area contributed by atoms with Gasteiger partial charge in [0, 0.05) is 22.9 Å². The summed E-state index contributed by atoms with van der Waals surface area (Å²) in [5.74, 6) is -0.534. The fraction of sp³-hybridized carbons (Fsp3) is 0.250. The molecule has 1 saturated carbocycles. The second kappa shape index (κ2) is 3.63. The van der Waals surface area contributed by atoms with Crippen LogP contribution in [0.15, 0.2) is 23.6 Å². The van der Waals surface area contributed by atoms with Crippen molar-refractivity contribution in [2.75, 3.05) is 0 Å². The third-order valence-corrected chi connectivity index (χ3v) is 3.66. The van der Waals surface area contributed by atoms with Crippen LogP contribution in [0.1, 0.15) is 23.8 Å². The molecule has 0 aliphatic heterocycles. The predicted octanol–water partition coefficient (Wildman–Crippen LogP) is 3.97. The molecule has 2 aromatic rings. The smallest absolute Gasteiger partial charge is 0.135 e. The molecule has 3 rings (SSSR count). The summed E-state index contributed by atoms with van der Waals surface area (Å²) in [6.07, 6.45) is 2.36. The number of hydrogen-bond acceptors (Lipinski definition) is 2. The zero-order chi connectivity index (χ0) is 11.1. The van der Waals surface area contributed by atoms with E-state index >= 15 is 0 Å². The third kappa shape index (κ3) is 1.73. The molecule has 1 aliphatic carbocycles. The molecule has 1 aliphatic rings. The number of benzene rings is 1. The summed E-state index contributed by atoms with van der Waals surface area (Å²) in [6.45, 7) is 0. The molecule has 0 amide bonds. The van der Waals surface area contributed by atoms with E-state index in [2.05, 4.69) is 4.98 Å². The highest BCUT2D eigenvalue weighted by molar-refractivity contribution is 7.10. The van der Waals surface area contributed by atoms with E-state index in [0.29, 0.717) is 17.2 Å². The lowest BCUT2D eigenvalue weighted by Crippen LogP contribution is -1.87. The molecule has 0 N–H and O–H groups in total. The Morgan fingerprint density at radius 1 is 1.25 bits per heavy atom. The van der Waals surface area contributed by atoms with Crippen LogP contribution in [0.25, 0.3) is 11.3 Å². The van der Waals surface area contributed by atoms with Crippen molar-refractivity contribution in [1.82, 2.24) is 4.98 Å². The second-order valence-electron chi connectivity index (χ2n) is 3.97. The SMILES string of the molecule is Fc1ccc(-c2csc(C3CC3)n2)c(F)c1. The number of nitrogens with zero attached hydrogens (tertiary/aromatic N) is 1. The maximum absolute atomic E-state index is 13.5. The van der Waals surface area contributed by atoms with E-state index in [4.69, 9.17) is 0 Å². The fourth-order valence-corrected chi connectivity index (χ4v) is 2.62. The topological polar surface area (TPSA) is 12.9 Å². The Balaban J connectivity index is 2.00. The number of rotatable bonds is 2. The van der Waals surface area contributed by atoms with Crippen LogP contribution in [0, 0.1) is 11.6 Å². The van der Waals surface area contributed by atoms with Gasteiger partial charge in [0.2, 0.25) is 0 Å². The van der Waals surface area contributed by atoms with Crippen molar-refractivity contribution in [2.45, 2.75) is 18.8 Å².